The van der Waals surface area contributed by atoms with Gasteiger partial charge in [-0.25, -0.2) is 4.99 Å². The van der Waals surface area contributed by atoms with Gasteiger partial charge in [0.05, 0.1) is 11.5 Å². The van der Waals surface area contributed by atoms with E-state index in [4.69, 9.17) is 8.92 Å². The molecule has 2 aromatic carbocycles. The van der Waals surface area contributed by atoms with E-state index in [0.29, 0.717) is 5.56 Å². The van der Waals surface area contributed by atoms with E-state index < -0.39 is 35.0 Å². The number of hydrogen-bond acceptors (Lipinski definition) is 5. The minimum atomic E-state index is -4.72. The van der Waals surface area contributed by atoms with Crippen molar-refractivity contribution in [2.24, 2.45) is 4.99 Å². The van der Waals surface area contributed by atoms with Gasteiger partial charge in [0.25, 0.3) is 10.1 Å². The fraction of sp³-hybridized carbons (Fsp3) is 0.278. The van der Waals surface area contributed by atoms with Gasteiger partial charge in [0.1, 0.15) is 6.04 Å². The maximum Gasteiger partial charge on any atom is 0.427 e. The van der Waals surface area contributed by atoms with Crippen molar-refractivity contribution in [2.45, 2.75) is 30.1 Å². The van der Waals surface area contributed by atoms with Gasteiger partial charge in [0.2, 0.25) is 12.0 Å². The zero-order valence-electron chi connectivity index (χ0n) is 14.2. The van der Waals surface area contributed by atoms with Crippen LogP contribution in [0.3, 0.4) is 0 Å². The van der Waals surface area contributed by atoms with Gasteiger partial charge in [-0.3, -0.25) is 4.18 Å². The molecule has 9 heteroatoms. The number of benzene rings is 2. The van der Waals surface area contributed by atoms with Gasteiger partial charge in [-0.1, -0.05) is 35.9 Å². The largest absolute Gasteiger partial charge is 0.462 e. The molecule has 0 N–H and O–H groups in total. The second-order valence-electron chi connectivity index (χ2n) is 6.00. The lowest BCUT2D eigenvalue weighted by molar-refractivity contribution is -0.199. The molecule has 1 aliphatic rings. The fourth-order valence-corrected chi connectivity index (χ4v) is 3.44. The monoisotopic (exact) mass is 399 g/mol. The third-order valence-corrected chi connectivity index (χ3v) is 5.21. The Morgan fingerprint density at radius 3 is 2.30 bits per heavy atom. The topological polar surface area (TPSA) is 65.0 Å². The van der Waals surface area contributed by atoms with E-state index in [9.17, 15) is 21.6 Å². The van der Waals surface area contributed by atoms with Gasteiger partial charge in [-0.15, -0.1) is 0 Å². The highest BCUT2D eigenvalue weighted by Crippen LogP contribution is 2.32. The number of nitrogens with zero attached hydrogens (tertiary/aromatic N) is 1. The number of ether oxygens (including phenoxy) is 1. The lowest BCUT2D eigenvalue weighted by Gasteiger charge is -2.20. The third kappa shape index (κ3) is 4.48. The molecule has 27 heavy (non-hydrogen) atoms. The maximum absolute atomic E-state index is 13.3. The summed E-state index contributed by atoms with van der Waals surface area (Å²) in [7, 11) is -4.21. The molecular weight excluding hydrogens is 383 g/mol. The van der Waals surface area contributed by atoms with Crippen LogP contribution in [0.1, 0.15) is 11.1 Å². The number of aliphatic imine (C=N–C) groups is 1. The molecule has 0 radical (unpaired) electrons. The molecule has 2 aromatic rings. The van der Waals surface area contributed by atoms with Crippen molar-refractivity contribution in [3.05, 3.63) is 65.7 Å². The first-order valence-corrected chi connectivity index (χ1v) is 9.40. The van der Waals surface area contributed by atoms with Crippen LogP contribution in [0, 0.1) is 6.92 Å². The minimum Gasteiger partial charge on any atom is -0.462 e. The molecule has 0 fully saturated rings. The lowest BCUT2D eigenvalue weighted by Crippen LogP contribution is -2.40. The average Bonchev–Trinajstić information content (AvgIpc) is 3.06. The van der Waals surface area contributed by atoms with Crippen molar-refractivity contribution in [3.63, 3.8) is 0 Å². The second-order valence-corrected chi connectivity index (χ2v) is 7.61. The van der Waals surface area contributed by atoms with Gasteiger partial charge in [-0.05, 0) is 31.2 Å². The van der Waals surface area contributed by atoms with Gasteiger partial charge >= 0.3 is 6.18 Å². The Bertz CT molecular complexity index is 925. The second kappa shape index (κ2) is 7.32. The summed E-state index contributed by atoms with van der Waals surface area (Å²) in [6, 6.07) is 12.3. The minimum absolute atomic E-state index is 0.136. The SMILES string of the molecule is Cc1ccc(S(=O)(=O)OC[C@H]2N=C(c3ccccc3)O[C@@H]2C(F)(F)F)cc1. The molecule has 0 saturated carbocycles. The summed E-state index contributed by atoms with van der Waals surface area (Å²) in [4.78, 5) is 3.77. The third-order valence-electron chi connectivity index (χ3n) is 3.92. The van der Waals surface area contributed by atoms with Crippen LogP contribution in [0.5, 0.6) is 0 Å². The molecule has 0 unspecified atom stereocenters. The number of alkyl halides is 3. The van der Waals surface area contributed by atoms with Crippen LogP contribution in [0.4, 0.5) is 13.2 Å². The van der Waals surface area contributed by atoms with Crippen molar-refractivity contribution in [3.8, 4) is 0 Å². The molecular formula is C18H16F3NO4S. The Balaban J connectivity index is 1.80. The Morgan fingerprint density at radius 1 is 1.07 bits per heavy atom. The van der Waals surface area contributed by atoms with E-state index in [-0.39, 0.29) is 10.8 Å². The molecule has 0 spiro atoms. The predicted molar refractivity (Wildman–Crippen MR) is 92.0 cm³/mol. The van der Waals surface area contributed by atoms with Crippen LogP contribution in [0.2, 0.25) is 0 Å². The summed E-state index contributed by atoms with van der Waals surface area (Å²) in [5, 5.41) is 0. The first-order valence-electron chi connectivity index (χ1n) is 7.99. The van der Waals surface area contributed by atoms with Crippen LogP contribution in [-0.4, -0.2) is 39.2 Å². The Kier molecular flexibility index (Phi) is 5.25. The summed E-state index contributed by atoms with van der Waals surface area (Å²) in [6.45, 7) is 0.998. The van der Waals surface area contributed by atoms with Crippen LogP contribution >= 0.6 is 0 Å². The van der Waals surface area contributed by atoms with Gasteiger partial charge < -0.3 is 4.74 Å². The normalized spacial score (nSPS) is 20.2. The van der Waals surface area contributed by atoms with Crippen molar-refractivity contribution in [2.75, 3.05) is 6.61 Å². The van der Waals surface area contributed by atoms with Crippen LogP contribution in [-0.2, 0) is 19.0 Å². The summed E-state index contributed by atoms with van der Waals surface area (Å²) in [5.41, 5.74) is 1.21. The molecule has 144 valence electrons. The highest BCUT2D eigenvalue weighted by atomic mass is 32.2. The molecule has 0 aliphatic carbocycles. The number of aryl methyl sites for hydroxylation is 1. The van der Waals surface area contributed by atoms with Crippen molar-refractivity contribution >= 4 is 16.0 Å². The fourth-order valence-electron chi connectivity index (χ4n) is 2.51. The van der Waals surface area contributed by atoms with Crippen molar-refractivity contribution < 1.29 is 30.5 Å². The zero-order valence-corrected chi connectivity index (χ0v) is 15.0. The quantitative estimate of drug-likeness (QED) is 0.722. The molecule has 0 bridgehead atoms. The zero-order chi connectivity index (χ0) is 19.7. The van der Waals surface area contributed by atoms with Crippen molar-refractivity contribution in [1.82, 2.24) is 0 Å². The number of rotatable bonds is 5. The summed E-state index contributed by atoms with van der Waals surface area (Å²) < 4.78 is 74.1. The molecule has 1 heterocycles. The first-order chi connectivity index (χ1) is 12.7. The average molecular weight is 399 g/mol. The number of hydrogen-bond donors (Lipinski definition) is 0. The molecule has 3 rings (SSSR count). The lowest BCUT2D eigenvalue weighted by atomic mass is 10.2. The number of halogens is 3. The standard InChI is InChI=1S/C18H16F3NO4S/c1-12-7-9-14(10-8-12)27(23,24)25-11-15-16(18(19,20)21)26-17(22-15)13-5-3-2-4-6-13/h2-10,15-16H,11H2,1H3/t15-,16+/m1/s1. The maximum atomic E-state index is 13.3. The van der Waals surface area contributed by atoms with Gasteiger partial charge in [0.15, 0.2) is 0 Å². The Labute approximate surface area is 154 Å². The molecule has 5 nitrogen and oxygen atoms in total. The van der Waals surface area contributed by atoms with E-state index in [1.54, 1.807) is 49.4 Å². The van der Waals surface area contributed by atoms with Crippen molar-refractivity contribution in [1.29, 1.82) is 0 Å². The Morgan fingerprint density at radius 2 is 1.70 bits per heavy atom. The van der Waals surface area contributed by atoms with Crippen LogP contribution in [0.25, 0.3) is 0 Å². The van der Waals surface area contributed by atoms with Gasteiger partial charge in [-0.2, -0.15) is 21.6 Å². The van der Waals surface area contributed by atoms with E-state index in [0.717, 1.165) is 5.56 Å². The highest BCUT2D eigenvalue weighted by Gasteiger charge is 2.51. The van der Waals surface area contributed by atoms with Gasteiger partial charge in [0, 0.05) is 5.56 Å². The van der Waals surface area contributed by atoms with E-state index in [1.165, 1.54) is 12.1 Å². The molecule has 0 saturated heterocycles. The first kappa shape index (κ1) is 19.4. The molecule has 0 aromatic heterocycles. The highest BCUT2D eigenvalue weighted by molar-refractivity contribution is 7.86. The smallest absolute Gasteiger partial charge is 0.427 e. The molecule has 0 amide bonds. The van der Waals surface area contributed by atoms with E-state index >= 15 is 0 Å². The van der Waals surface area contributed by atoms with E-state index in [1.807, 2.05) is 0 Å². The summed E-state index contributed by atoms with van der Waals surface area (Å²) in [6.07, 6.45) is -7.00. The summed E-state index contributed by atoms with van der Waals surface area (Å²) in [5.74, 6) is -0.195. The van der Waals surface area contributed by atoms with Crippen LogP contribution < -0.4 is 0 Å². The van der Waals surface area contributed by atoms with Crippen LogP contribution in [0.15, 0.2) is 64.5 Å². The Hall–Kier alpha value is -2.39. The molecule has 1 aliphatic heterocycles. The van der Waals surface area contributed by atoms with E-state index in [2.05, 4.69) is 4.99 Å². The summed E-state index contributed by atoms with van der Waals surface area (Å²) >= 11 is 0. The molecule has 2 atom stereocenters. The predicted octanol–water partition coefficient (Wildman–Crippen LogP) is 3.48.